The molecule has 108 valence electrons. The molecule has 1 amide bonds. The zero-order chi connectivity index (χ0) is 13.3. The lowest BCUT2D eigenvalue weighted by Gasteiger charge is -2.38. The Kier molecular flexibility index (Phi) is 3.59. The van der Waals surface area contributed by atoms with Crippen LogP contribution in [0.2, 0.25) is 0 Å². The van der Waals surface area contributed by atoms with Crippen LogP contribution in [0.1, 0.15) is 58.3 Å². The quantitative estimate of drug-likeness (QED) is 0.789. The number of rotatable bonds is 1. The van der Waals surface area contributed by atoms with E-state index in [1.165, 1.54) is 38.5 Å². The van der Waals surface area contributed by atoms with E-state index in [2.05, 4.69) is 17.1 Å². The first-order valence-electron chi connectivity index (χ1n) is 8.14. The van der Waals surface area contributed by atoms with Gasteiger partial charge in [-0.3, -0.25) is 4.79 Å². The molecule has 0 radical (unpaired) electrons. The maximum Gasteiger partial charge on any atom is 0.229 e. The summed E-state index contributed by atoms with van der Waals surface area (Å²) in [5.41, 5.74) is 0.352. The highest BCUT2D eigenvalue weighted by atomic mass is 16.2. The molecule has 2 aliphatic heterocycles. The van der Waals surface area contributed by atoms with Crippen molar-refractivity contribution in [3.63, 3.8) is 0 Å². The van der Waals surface area contributed by atoms with Crippen LogP contribution < -0.4 is 5.32 Å². The third-order valence-electron chi connectivity index (χ3n) is 5.75. The Morgan fingerprint density at radius 2 is 1.84 bits per heavy atom. The highest BCUT2D eigenvalue weighted by molar-refractivity contribution is 5.83. The van der Waals surface area contributed by atoms with Gasteiger partial charge < -0.3 is 10.2 Å². The van der Waals surface area contributed by atoms with Crippen molar-refractivity contribution in [3.8, 4) is 0 Å². The van der Waals surface area contributed by atoms with E-state index in [-0.39, 0.29) is 5.41 Å². The Morgan fingerprint density at radius 1 is 1.05 bits per heavy atom. The molecule has 1 saturated carbocycles. The Hall–Kier alpha value is -0.570. The van der Waals surface area contributed by atoms with E-state index in [1.54, 1.807) is 0 Å². The highest BCUT2D eigenvalue weighted by Crippen LogP contribution is 2.44. The number of hydrogen-bond donors (Lipinski definition) is 1. The van der Waals surface area contributed by atoms with Gasteiger partial charge in [0.05, 0.1) is 5.41 Å². The molecule has 2 heterocycles. The van der Waals surface area contributed by atoms with Crippen LogP contribution in [-0.4, -0.2) is 37.0 Å². The van der Waals surface area contributed by atoms with Gasteiger partial charge >= 0.3 is 0 Å². The minimum atomic E-state index is -0.140. The van der Waals surface area contributed by atoms with Crippen molar-refractivity contribution in [1.29, 1.82) is 0 Å². The van der Waals surface area contributed by atoms with Crippen molar-refractivity contribution in [2.45, 2.75) is 58.3 Å². The molecule has 1 unspecified atom stereocenters. The van der Waals surface area contributed by atoms with E-state index in [0.29, 0.717) is 11.3 Å². The smallest absolute Gasteiger partial charge is 0.229 e. The summed E-state index contributed by atoms with van der Waals surface area (Å²) in [7, 11) is 0. The number of hydrogen-bond acceptors (Lipinski definition) is 2. The van der Waals surface area contributed by atoms with Crippen molar-refractivity contribution in [1.82, 2.24) is 10.2 Å². The minimum absolute atomic E-state index is 0.140. The first-order chi connectivity index (χ1) is 9.14. The Bertz CT molecular complexity index is 341. The Morgan fingerprint density at radius 3 is 2.53 bits per heavy atom. The maximum absolute atomic E-state index is 12.8. The van der Waals surface area contributed by atoms with E-state index in [4.69, 9.17) is 0 Å². The van der Waals surface area contributed by atoms with Gasteiger partial charge in [-0.15, -0.1) is 0 Å². The standard InChI is InChI=1S/C16H28N2O/c1-15(6-5-10-17-12-15)14(19)18-11-9-16(13-18)7-3-2-4-8-16/h17H,2-13H2,1H3. The SMILES string of the molecule is CC1(C(=O)N2CCC3(CCCCC3)C2)CCCNC1. The lowest BCUT2D eigenvalue weighted by Crippen LogP contribution is -2.50. The molecule has 3 nitrogen and oxygen atoms in total. The van der Waals surface area contributed by atoms with Crippen molar-refractivity contribution in [2.75, 3.05) is 26.2 Å². The van der Waals surface area contributed by atoms with Gasteiger partial charge in [-0.1, -0.05) is 19.3 Å². The van der Waals surface area contributed by atoms with E-state index in [9.17, 15) is 4.79 Å². The van der Waals surface area contributed by atoms with Crippen molar-refractivity contribution >= 4 is 5.91 Å². The van der Waals surface area contributed by atoms with Crippen LogP contribution in [0.3, 0.4) is 0 Å². The zero-order valence-electron chi connectivity index (χ0n) is 12.3. The average Bonchev–Trinajstić information content (AvgIpc) is 2.83. The summed E-state index contributed by atoms with van der Waals surface area (Å²) in [6.07, 6.45) is 10.3. The van der Waals surface area contributed by atoms with Crippen LogP contribution in [0.15, 0.2) is 0 Å². The number of carbonyl (C=O) groups excluding carboxylic acids is 1. The third-order valence-corrected chi connectivity index (χ3v) is 5.75. The summed E-state index contributed by atoms with van der Waals surface area (Å²) in [6, 6.07) is 0. The molecule has 0 bridgehead atoms. The first-order valence-corrected chi connectivity index (χ1v) is 8.14. The molecule has 3 aliphatic rings. The number of amides is 1. The molecule has 19 heavy (non-hydrogen) atoms. The predicted molar refractivity (Wildman–Crippen MR) is 76.9 cm³/mol. The van der Waals surface area contributed by atoms with Crippen LogP contribution in [0, 0.1) is 10.8 Å². The van der Waals surface area contributed by atoms with Crippen LogP contribution in [0.5, 0.6) is 0 Å². The second-order valence-electron chi connectivity index (χ2n) is 7.38. The van der Waals surface area contributed by atoms with E-state index < -0.39 is 0 Å². The summed E-state index contributed by atoms with van der Waals surface area (Å²) in [5.74, 6) is 0.419. The number of carbonyl (C=O) groups is 1. The topological polar surface area (TPSA) is 32.3 Å². The molecule has 3 fully saturated rings. The Balaban J connectivity index is 1.65. The largest absolute Gasteiger partial charge is 0.342 e. The van der Waals surface area contributed by atoms with Gasteiger partial charge in [-0.05, 0) is 51.0 Å². The van der Waals surface area contributed by atoms with Gasteiger partial charge in [0.2, 0.25) is 5.91 Å². The third kappa shape index (κ3) is 2.54. The molecule has 0 aromatic heterocycles. The van der Waals surface area contributed by atoms with Crippen LogP contribution in [0.4, 0.5) is 0 Å². The molecule has 0 aromatic carbocycles. The summed E-state index contributed by atoms with van der Waals surface area (Å²) in [4.78, 5) is 15.0. The lowest BCUT2D eigenvalue weighted by atomic mass is 9.73. The van der Waals surface area contributed by atoms with Gasteiger partial charge in [0, 0.05) is 19.6 Å². The van der Waals surface area contributed by atoms with E-state index >= 15 is 0 Å². The van der Waals surface area contributed by atoms with Gasteiger partial charge in [0.1, 0.15) is 0 Å². The summed E-state index contributed by atoms with van der Waals surface area (Å²) >= 11 is 0. The fourth-order valence-corrected chi connectivity index (χ4v) is 4.44. The van der Waals surface area contributed by atoms with Crippen LogP contribution in [0.25, 0.3) is 0 Å². The summed E-state index contributed by atoms with van der Waals surface area (Å²) in [6.45, 7) is 6.16. The molecule has 3 rings (SSSR count). The molecule has 0 aromatic rings. The molecule has 1 N–H and O–H groups in total. The zero-order valence-corrected chi connectivity index (χ0v) is 12.3. The maximum atomic E-state index is 12.8. The lowest BCUT2D eigenvalue weighted by molar-refractivity contribution is -0.141. The minimum Gasteiger partial charge on any atom is -0.342 e. The van der Waals surface area contributed by atoms with Gasteiger partial charge in [0.15, 0.2) is 0 Å². The molecular formula is C16H28N2O. The second-order valence-corrected chi connectivity index (χ2v) is 7.38. The van der Waals surface area contributed by atoms with Crippen LogP contribution in [-0.2, 0) is 4.79 Å². The normalized spacial score (nSPS) is 34.7. The molecule has 3 heteroatoms. The first kappa shape index (κ1) is 13.4. The second kappa shape index (κ2) is 5.08. The fourth-order valence-electron chi connectivity index (χ4n) is 4.44. The van der Waals surface area contributed by atoms with Gasteiger partial charge in [0.25, 0.3) is 0 Å². The number of piperidine rings is 1. The number of likely N-dealkylation sites (tertiary alicyclic amines) is 1. The van der Waals surface area contributed by atoms with Gasteiger partial charge in [-0.25, -0.2) is 0 Å². The predicted octanol–water partition coefficient (Wildman–Crippen LogP) is 2.56. The average molecular weight is 264 g/mol. The molecule has 2 saturated heterocycles. The monoisotopic (exact) mass is 264 g/mol. The summed E-state index contributed by atoms with van der Waals surface area (Å²) < 4.78 is 0. The van der Waals surface area contributed by atoms with Crippen molar-refractivity contribution in [2.24, 2.45) is 10.8 Å². The highest BCUT2D eigenvalue weighted by Gasteiger charge is 2.45. The number of nitrogens with zero attached hydrogens (tertiary/aromatic N) is 1. The van der Waals surface area contributed by atoms with Crippen molar-refractivity contribution in [3.05, 3.63) is 0 Å². The molecule has 1 atom stereocenters. The Labute approximate surface area is 117 Å². The van der Waals surface area contributed by atoms with E-state index in [1.807, 2.05) is 0 Å². The van der Waals surface area contributed by atoms with Crippen LogP contribution >= 0.6 is 0 Å². The fraction of sp³-hybridized carbons (Fsp3) is 0.938. The number of nitrogens with one attached hydrogen (secondary N) is 1. The van der Waals surface area contributed by atoms with Crippen molar-refractivity contribution < 1.29 is 4.79 Å². The molecular weight excluding hydrogens is 236 g/mol. The van der Waals surface area contributed by atoms with Gasteiger partial charge in [-0.2, -0.15) is 0 Å². The molecule has 1 aliphatic carbocycles. The van der Waals surface area contributed by atoms with E-state index in [0.717, 1.165) is 39.0 Å². The summed E-state index contributed by atoms with van der Waals surface area (Å²) in [5, 5.41) is 3.40. The molecule has 1 spiro atoms.